The highest BCUT2D eigenvalue weighted by molar-refractivity contribution is 8.14. The number of carbonyl (C=O) groups is 4. The van der Waals surface area contributed by atoms with E-state index in [9.17, 15) is 40.8 Å². The Morgan fingerprint density at radius 1 is 1.14 bits per heavy atom. The van der Waals surface area contributed by atoms with Crippen LogP contribution in [0.4, 0.5) is 23.7 Å². The molecule has 6 rings (SSSR count). The Labute approximate surface area is 292 Å². The first-order valence-corrected chi connectivity index (χ1v) is 19.3. The molecule has 0 bridgehead atoms. The van der Waals surface area contributed by atoms with Crippen LogP contribution in [-0.4, -0.2) is 84.5 Å². The first kappa shape index (κ1) is 36.2. The van der Waals surface area contributed by atoms with Crippen LogP contribution in [0.3, 0.4) is 0 Å². The van der Waals surface area contributed by atoms with Gasteiger partial charge >= 0.3 is 12.3 Å². The average molecular weight is 740 g/mol. The average Bonchev–Trinajstić information content (AvgIpc) is 3.93. The van der Waals surface area contributed by atoms with E-state index in [1.807, 2.05) is 19.1 Å². The zero-order chi connectivity index (χ0) is 36.0. The number of sulfonamides is 1. The van der Waals surface area contributed by atoms with Crippen LogP contribution >= 0.6 is 11.8 Å². The van der Waals surface area contributed by atoms with Gasteiger partial charge in [0.15, 0.2) is 0 Å². The summed E-state index contributed by atoms with van der Waals surface area (Å²) >= 11 is 1.35. The number of nitrogens with zero attached hydrogens (tertiary/aromatic N) is 2. The maximum absolute atomic E-state index is 13.9. The molecule has 6 atom stereocenters. The van der Waals surface area contributed by atoms with E-state index < -0.39 is 74.3 Å². The number of aliphatic imine (C=N–C) groups is 1. The third kappa shape index (κ3) is 7.82. The number of rotatable bonds is 6. The smallest absolute Gasteiger partial charge is 0.416 e. The third-order valence-corrected chi connectivity index (χ3v) is 13.0. The van der Waals surface area contributed by atoms with Gasteiger partial charge in [0.2, 0.25) is 21.8 Å². The molecule has 0 saturated heterocycles. The number of hydrogen-bond acceptors (Lipinski definition) is 9. The van der Waals surface area contributed by atoms with Crippen molar-refractivity contribution in [2.45, 2.75) is 87.4 Å². The standard InChI is InChI=1S/C33H40F3N5O7S2/c1-18-17-49-28(37-18)23-11-8-19(33(34,35)36)13-26(23)38-31(45)48-21-14-24-25(15-21)29(43)41(2)12-6-4-3-5-7-20-16-32(20,39-27(24)42)30(44)40-50(46,47)22-9-10-22/h5,7-8,11,13,18,20-22,24-25H,3-4,6,9-10,12,14-17H2,1-2H3,(H,38,45)(H,39,42)(H,40,44)/b7-5-/t18?,20-,21-,24-,25-,32-/m1/s1. The second-order valence-corrected chi connectivity index (χ2v) is 16.8. The number of fused-ring (bicyclic) bond motifs is 2. The highest BCUT2D eigenvalue weighted by Crippen LogP contribution is 2.47. The summed E-state index contributed by atoms with van der Waals surface area (Å²) in [6.07, 6.45) is 0.0304. The minimum atomic E-state index is -4.67. The number of ether oxygens (including phenoxy) is 1. The number of halogens is 3. The summed E-state index contributed by atoms with van der Waals surface area (Å²) in [4.78, 5) is 60.3. The van der Waals surface area contributed by atoms with Gasteiger partial charge in [-0.3, -0.25) is 29.4 Å². The monoisotopic (exact) mass is 739 g/mol. The Morgan fingerprint density at radius 3 is 2.56 bits per heavy atom. The van der Waals surface area contributed by atoms with E-state index in [1.165, 1.54) is 22.7 Å². The molecule has 272 valence electrons. The minimum absolute atomic E-state index is 0.0389. The van der Waals surface area contributed by atoms with E-state index in [4.69, 9.17) is 4.74 Å². The molecule has 1 aromatic carbocycles. The van der Waals surface area contributed by atoms with Crippen LogP contribution in [0.5, 0.6) is 0 Å². The molecular weight excluding hydrogens is 700 g/mol. The van der Waals surface area contributed by atoms with Gasteiger partial charge in [-0.05, 0) is 76.5 Å². The molecule has 1 unspecified atom stereocenters. The van der Waals surface area contributed by atoms with Gasteiger partial charge in [-0.1, -0.05) is 12.2 Å². The molecule has 2 aliphatic heterocycles. The van der Waals surface area contributed by atoms with Gasteiger partial charge in [-0.25, -0.2) is 13.2 Å². The van der Waals surface area contributed by atoms with Crippen LogP contribution in [0.25, 0.3) is 0 Å². The largest absolute Gasteiger partial charge is 0.446 e. The van der Waals surface area contributed by atoms with Crippen LogP contribution in [-0.2, 0) is 35.3 Å². The van der Waals surface area contributed by atoms with Gasteiger partial charge in [0.05, 0.1) is 34.4 Å². The Hall–Kier alpha value is -3.60. The second kappa shape index (κ2) is 13.8. The summed E-state index contributed by atoms with van der Waals surface area (Å²) in [5.74, 6) is -3.62. The van der Waals surface area contributed by atoms with Crippen molar-refractivity contribution < 1.29 is 45.5 Å². The lowest BCUT2D eigenvalue weighted by molar-refractivity contribution is -0.140. The van der Waals surface area contributed by atoms with Gasteiger partial charge in [-0.2, -0.15) is 13.2 Å². The van der Waals surface area contributed by atoms with Gasteiger partial charge in [0, 0.05) is 30.8 Å². The van der Waals surface area contributed by atoms with Gasteiger partial charge < -0.3 is 15.0 Å². The molecule has 50 heavy (non-hydrogen) atoms. The topological polar surface area (TPSA) is 163 Å². The Balaban J connectivity index is 1.22. The van der Waals surface area contributed by atoms with Crippen LogP contribution in [0, 0.1) is 17.8 Å². The van der Waals surface area contributed by atoms with Crippen LogP contribution < -0.4 is 15.4 Å². The number of allylic oxidation sites excluding steroid dienone is 1. The molecule has 17 heteroatoms. The predicted molar refractivity (Wildman–Crippen MR) is 180 cm³/mol. The lowest BCUT2D eigenvalue weighted by Gasteiger charge is -2.26. The zero-order valence-electron chi connectivity index (χ0n) is 27.6. The van der Waals surface area contributed by atoms with Gasteiger partial charge in [0.1, 0.15) is 16.7 Å². The summed E-state index contributed by atoms with van der Waals surface area (Å²) < 4.78 is 73.9. The Kier molecular flexibility index (Phi) is 10.0. The molecule has 4 amide bonds. The fourth-order valence-electron chi connectivity index (χ4n) is 6.81. The van der Waals surface area contributed by atoms with Gasteiger partial charge in [-0.15, -0.1) is 11.8 Å². The first-order valence-electron chi connectivity index (χ1n) is 16.8. The van der Waals surface area contributed by atoms with Crippen LogP contribution in [0.15, 0.2) is 35.3 Å². The summed E-state index contributed by atoms with van der Waals surface area (Å²) in [5, 5.41) is 5.03. The maximum atomic E-state index is 13.9. The number of alkyl halides is 3. The summed E-state index contributed by atoms with van der Waals surface area (Å²) in [7, 11) is -2.28. The SMILES string of the molecule is CC1CSC(c2ccc(C(F)(F)F)cc2NC(=O)O[C@@H]2C[C@H]3C(=O)N[C@]4(C(=O)NS(=O)(=O)C5CC5)C[C@H]4/C=C\CCCCN(C)C(=O)[C@@H]3C2)=N1. The number of nitrogens with one attached hydrogen (secondary N) is 3. The van der Waals surface area contributed by atoms with Crippen molar-refractivity contribution in [3.05, 3.63) is 41.5 Å². The van der Waals surface area contributed by atoms with Crippen molar-refractivity contribution in [3.63, 3.8) is 0 Å². The number of thioether (sulfide) groups is 1. The molecule has 0 aromatic heterocycles. The Morgan fingerprint density at radius 2 is 1.88 bits per heavy atom. The number of benzene rings is 1. The molecule has 0 spiro atoms. The lowest BCUT2D eigenvalue weighted by Crippen LogP contribution is -2.54. The van der Waals surface area contributed by atoms with Gasteiger partial charge in [0.25, 0.3) is 5.91 Å². The highest BCUT2D eigenvalue weighted by Gasteiger charge is 2.62. The van der Waals surface area contributed by atoms with Crippen molar-refractivity contribution in [1.82, 2.24) is 14.9 Å². The highest BCUT2D eigenvalue weighted by atomic mass is 32.2. The predicted octanol–water partition coefficient (Wildman–Crippen LogP) is 4.21. The fourth-order valence-corrected chi connectivity index (χ4v) is 9.24. The summed E-state index contributed by atoms with van der Waals surface area (Å²) in [6, 6.07) is 2.93. The van der Waals surface area contributed by atoms with Crippen molar-refractivity contribution >= 4 is 56.3 Å². The summed E-state index contributed by atoms with van der Waals surface area (Å²) in [6.45, 7) is 2.29. The third-order valence-electron chi connectivity index (χ3n) is 9.88. The van der Waals surface area contributed by atoms with Crippen LogP contribution in [0.2, 0.25) is 0 Å². The molecule has 3 fully saturated rings. The van der Waals surface area contributed by atoms with Crippen molar-refractivity contribution in [2.24, 2.45) is 22.7 Å². The second-order valence-electron chi connectivity index (χ2n) is 13.8. The molecule has 12 nitrogen and oxygen atoms in total. The minimum Gasteiger partial charge on any atom is -0.446 e. The number of amides is 4. The zero-order valence-corrected chi connectivity index (χ0v) is 29.3. The Bertz CT molecular complexity index is 1730. The quantitative estimate of drug-likeness (QED) is 0.366. The molecule has 1 aromatic rings. The van der Waals surface area contributed by atoms with E-state index in [-0.39, 0.29) is 36.9 Å². The van der Waals surface area contributed by atoms with Crippen molar-refractivity contribution in [3.8, 4) is 0 Å². The normalized spacial score (nSPS) is 31.0. The van der Waals surface area contributed by atoms with E-state index in [0.29, 0.717) is 48.6 Å². The summed E-state index contributed by atoms with van der Waals surface area (Å²) in [5.41, 5.74) is -2.33. The molecule has 0 radical (unpaired) electrons. The van der Waals surface area contributed by atoms with E-state index >= 15 is 0 Å². The molecular formula is C33H40F3N5O7S2. The van der Waals surface area contributed by atoms with E-state index in [0.717, 1.165) is 18.6 Å². The molecule has 5 aliphatic rings. The number of hydrogen-bond donors (Lipinski definition) is 3. The van der Waals surface area contributed by atoms with Crippen LogP contribution in [0.1, 0.15) is 69.4 Å². The molecule has 3 saturated carbocycles. The molecule has 2 heterocycles. The van der Waals surface area contributed by atoms with Crippen molar-refractivity contribution in [2.75, 3.05) is 24.7 Å². The number of carbonyl (C=O) groups excluding carboxylic acids is 4. The van der Waals surface area contributed by atoms with E-state index in [2.05, 4.69) is 20.3 Å². The van der Waals surface area contributed by atoms with Crippen molar-refractivity contribution in [1.29, 1.82) is 0 Å². The number of anilines is 1. The maximum Gasteiger partial charge on any atom is 0.416 e. The lowest BCUT2D eigenvalue weighted by atomic mass is 9.93. The molecule has 3 aliphatic carbocycles. The molecule has 3 N–H and O–H groups in total. The first-order chi connectivity index (χ1) is 23.6. The van der Waals surface area contributed by atoms with E-state index in [1.54, 1.807) is 7.05 Å². The fraction of sp³-hybridized carbons (Fsp3) is 0.606.